The summed E-state index contributed by atoms with van der Waals surface area (Å²) in [6.45, 7) is 0. The van der Waals surface area contributed by atoms with Gasteiger partial charge in [-0.25, -0.2) is 0 Å². The summed E-state index contributed by atoms with van der Waals surface area (Å²) in [5.41, 5.74) is 2.05. The molecule has 0 atom stereocenters. The molecule has 0 amide bonds. The molecule has 28 heavy (non-hydrogen) atoms. The maximum absolute atomic E-state index is 11.0. The second-order valence-corrected chi connectivity index (χ2v) is 8.07. The van der Waals surface area contributed by atoms with Crippen LogP contribution in [-0.4, -0.2) is 31.6 Å². The number of hydrogen-bond donors (Lipinski definition) is 1. The predicted octanol–water partition coefficient (Wildman–Crippen LogP) is 4.95. The Morgan fingerprint density at radius 3 is 2.54 bits per heavy atom. The Morgan fingerprint density at radius 1 is 1.00 bits per heavy atom. The van der Waals surface area contributed by atoms with Crippen molar-refractivity contribution in [1.29, 1.82) is 0 Å². The van der Waals surface area contributed by atoms with Gasteiger partial charge in [-0.3, -0.25) is 9.36 Å². The lowest BCUT2D eigenvalue weighted by atomic mass is 10.0. The van der Waals surface area contributed by atoms with E-state index in [1.807, 2.05) is 47.0 Å². The van der Waals surface area contributed by atoms with E-state index in [-0.39, 0.29) is 5.75 Å². The minimum atomic E-state index is -0.883. The number of thioether (sulfide) groups is 1. The molecule has 0 aliphatic rings. The predicted molar refractivity (Wildman–Crippen MR) is 114 cm³/mol. The van der Waals surface area contributed by atoms with E-state index >= 15 is 0 Å². The van der Waals surface area contributed by atoms with Crippen molar-refractivity contribution in [2.45, 2.75) is 11.6 Å². The third-order valence-electron chi connectivity index (χ3n) is 4.34. The zero-order valence-corrected chi connectivity index (χ0v) is 17.2. The van der Waals surface area contributed by atoms with E-state index in [0.29, 0.717) is 11.6 Å². The van der Waals surface area contributed by atoms with Gasteiger partial charge in [0.2, 0.25) is 0 Å². The SMILES string of the molecule is O=C(O)CSc1nnc(Cc2cccc3ccccc23)n1-c1ccc(Br)cc1. The standard InChI is InChI=1S/C21H16BrN3O2S/c22-16-8-10-17(11-9-16)25-19(23-24-21(25)28-13-20(26)27)12-15-6-3-5-14-4-1-2-7-18(14)15/h1-11H,12-13H2,(H,26,27). The third kappa shape index (κ3) is 3.95. The van der Waals surface area contributed by atoms with Crippen molar-refractivity contribution in [2.24, 2.45) is 0 Å². The van der Waals surface area contributed by atoms with Gasteiger partial charge in [-0.2, -0.15) is 0 Å². The number of hydrogen-bond acceptors (Lipinski definition) is 4. The molecule has 1 aromatic heterocycles. The van der Waals surface area contributed by atoms with Gasteiger partial charge in [0.25, 0.3) is 0 Å². The molecule has 0 aliphatic heterocycles. The molecule has 0 spiro atoms. The molecule has 7 heteroatoms. The Kier molecular flexibility index (Phi) is 5.45. The van der Waals surface area contributed by atoms with E-state index in [1.54, 1.807) is 0 Å². The molecule has 3 aromatic carbocycles. The third-order valence-corrected chi connectivity index (χ3v) is 5.78. The van der Waals surface area contributed by atoms with Gasteiger partial charge in [-0.05, 0) is 40.6 Å². The van der Waals surface area contributed by atoms with Gasteiger partial charge in [0.05, 0.1) is 5.75 Å². The van der Waals surface area contributed by atoms with Crippen molar-refractivity contribution in [1.82, 2.24) is 14.8 Å². The fourth-order valence-electron chi connectivity index (χ4n) is 3.10. The summed E-state index contributed by atoms with van der Waals surface area (Å²) in [6, 6.07) is 22.3. The molecule has 0 radical (unpaired) electrons. The fraction of sp³-hybridized carbons (Fsp3) is 0.0952. The lowest BCUT2D eigenvalue weighted by molar-refractivity contribution is -0.133. The zero-order valence-electron chi connectivity index (χ0n) is 14.7. The first-order chi connectivity index (χ1) is 13.6. The topological polar surface area (TPSA) is 68.0 Å². The van der Waals surface area contributed by atoms with Crippen molar-refractivity contribution in [3.8, 4) is 5.69 Å². The molecule has 0 fully saturated rings. The van der Waals surface area contributed by atoms with Gasteiger partial charge >= 0.3 is 5.97 Å². The van der Waals surface area contributed by atoms with Crippen LogP contribution in [-0.2, 0) is 11.2 Å². The summed E-state index contributed by atoms with van der Waals surface area (Å²) in [7, 11) is 0. The number of carbonyl (C=O) groups is 1. The summed E-state index contributed by atoms with van der Waals surface area (Å²) in [6.07, 6.45) is 0.595. The van der Waals surface area contributed by atoms with Crippen LogP contribution >= 0.6 is 27.7 Å². The van der Waals surface area contributed by atoms with Crippen LogP contribution in [0, 0.1) is 0 Å². The van der Waals surface area contributed by atoms with Gasteiger partial charge < -0.3 is 5.11 Å². The Hall–Kier alpha value is -2.64. The molecule has 1 N–H and O–H groups in total. The van der Waals surface area contributed by atoms with Crippen LogP contribution in [0.25, 0.3) is 16.5 Å². The fourth-order valence-corrected chi connectivity index (χ4v) is 4.06. The molecule has 0 saturated heterocycles. The highest BCUT2D eigenvalue weighted by Gasteiger charge is 2.17. The minimum absolute atomic E-state index is 0.0665. The molecule has 4 rings (SSSR count). The molecule has 0 unspecified atom stereocenters. The Morgan fingerprint density at radius 2 is 1.75 bits per heavy atom. The second-order valence-electron chi connectivity index (χ2n) is 6.21. The quantitative estimate of drug-likeness (QED) is 0.418. The normalized spacial score (nSPS) is 11.0. The lowest BCUT2D eigenvalue weighted by Crippen LogP contribution is -2.05. The first kappa shape index (κ1) is 18.7. The molecule has 4 aromatic rings. The van der Waals surface area contributed by atoms with Crippen LogP contribution < -0.4 is 0 Å². The van der Waals surface area contributed by atoms with E-state index in [0.717, 1.165) is 21.5 Å². The first-order valence-corrected chi connectivity index (χ1v) is 10.4. The number of halogens is 1. The molecule has 0 saturated carbocycles. The molecule has 0 aliphatic carbocycles. The van der Waals surface area contributed by atoms with Crippen LogP contribution in [0.3, 0.4) is 0 Å². The monoisotopic (exact) mass is 453 g/mol. The van der Waals surface area contributed by atoms with Crippen LogP contribution in [0.2, 0.25) is 0 Å². The van der Waals surface area contributed by atoms with Crippen molar-refractivity contribution in [3.63, 3.8) is 0 Å². The molecule has 1 heterocycles. The highest BCUT2D eigenvalue weighted by atomic mass is 79.9. The Balaban J connectivity index is 1.77. The van der Waals surface area contributed by atoms with Gasteiger partial charge in [-0.1, -0.05) is 70.2 Å². The molecular formula is C21H16BrN3O2S. The number of aromatic nitrogens is 3. The van der Waals surface area contributed by atoms with Gasteiger partial charge in [0.15, 0.2) is 5.16 Å². The number of carboxylic acids is 1. The molecule has 5 nitrogen and oxygen atoms in total. The molecule has 140 valence electrons. The number of fused-ring (bicyclic) bond motifs is 1. The maximum atomic E-state index is 11.0. The molecule has 0 bridgehead atoms. The average molecular weight is 454 g/mol. The molecular weight excluding hydrogens is 438 g/mol. The first-order valence-electron chi connectivity index (χ1n) is 8.63. The van der Waals surface area contributed by atoms with Crippen molar-refractivity contribution in [2.75, 3.05) is 5.75 Å². The van der Waals surface area contributed by atoms with Crippen molar-refractivity contribution < 1.29 is 9.90 Å². The highest BCUT2D eigenvalue weighted by Crippen LogP contribution is 2.26. The van der Waals surface area contributed by atoms with E-state index in [4.69, 9.17) is 5.11 Å². The average Bonchev–Trinajstić information content (AvgIpc) is 3.10. The largest absolute Gasteiger partial charge is 0.481 e. The summed E-state index contributed by atoms with van der Waals surface area (Å²) >= 11 is 4.62. The summed E-state index contributed by atoms with van der Waals surface area (Å²) < 4.78 is 2.90. The van der Waals surface area contributed by atoms with E-state index < -0.39 is 5.97 Å². The van der Waals surface area contributed by atoms with E-state index in [2.05, 4.69) is 50.4 Å². The van der Waals surface area contributed by atoms with E-state index in [1.165, 1.54) is 22.5 Å². The van der Waals surface area contributed by atoms with Gasteiger partial charge in [0.1, 0.15) is 5.82 Å². The Labute approximate surface area is 174 Å². The Bertz CT molecular complexity index is 1140. The van der Waals surface area contributed by atoms with Gasteiger partial charge in [-0.15, -0.1) is 10.2 Å². The summed E-state index contributed by atoms with van der Waals surface area (Å²) in [4.78, 5) is 11.0. The maximum Gasteiger partial charge on any atom is 0.313 e. The summed E-state index contributed by atoms with van der Waals surface area (Å²) in [5.74, 6) is -0.180. The number of benzene rings is 3. The van der Waals surface area contributed by atoms with Crippen LogP contribution in [0.5, 0.6) is 0 Å². The van der Waals surface area contributed by atoms with Crippen molar-refractivity contribution >= 4 is 44.4 Å². The summed E-state index contributed by atoms with van der Waals surface area (Å²) in [5, 5.41) is 20.6. The number of carboxylic acid groups (broad SMARTS) is 1. The van der Waals surface area contributed by atoms with Crippen LogP contribution in [0.15, 0.2) is 76.4 Å². The second kappa shape index (κ2) is 8.16. The van der Waals surface area contributed by atoms with Crippen LogP contribution in [0.1, 0.15) is 11.4 Å². The number of nitrogens with zero attached hydrogens (tertiary/aromatic N) is 3. The smallest absolute Gasteiger partial charge is 0.313 e. The van der Waals surface area contributed by atoms with E-state index in [9.17, 15) is 4.79 Å². The zero-order chi connectivity index (χ0) is 19.5. The minimum Gasteiger partial charge on any atom is -0.481 e. The number of aliphatic carboxylic acids is 1. The van der Waals surface area contributed by atoms with Crippen LogP contribution in [0.4, 0.5) is 0 Å². The van der Waals surface area contributed by atoms with Gasteiger partial charge in [0, 0.05) is 16.6 Å². The number of rotatable bonds is 6. The van der Waals surface area contributed by atoms with Crippen molar-refractivity contribution in [3.05, 3.63) is 82.6 Å². The lowest BCUT2D eigenvalue weighted by Gasteiger charge is -2.11. The highest BCUT2D eigenvalue weighted by molar-refractivity contribution is 9.10.